The van der Waals surface area contributed by atoms with Crippen molar-refractivity contribution in [2.75, 3.05) is 0 Å². The average Bonchev–Trinajstić information content (AvgIpc) is 2.96. The van der Waals surface area contributed by atoms with Gasteiger partial charge in [0.2, 0.25) is 0 Å². The van der Waals surface area contributed by atoms with Gasteiger partial charge < -0.3 is 4.43 Å². The maximum Gasteiger partial charge on any atom is 0.184 e. The van der Waals surface area contributed by atoms with E-state index in [1.54, 1.807) is 0 Å². The van der Waals surface area contributed by atoms with Gasteiger partial charge in [-0.1, -0.05) is 42.8 Å². The van der Waals surface area contributed by atoms with Crippen molar-refractivity contribution in [1.29, 1.82) is 0 Å². The normalized spacial score (nSPS) is 28.5. The Morgan fingerprint density at radius 2 is 1.86 bits per heavy atom. The summed E-state index contributed by atoms with van der Waals surface area (Å²) >= 11 is 0. The lowest BCUT2D eigenvalue weighted by Crippen LogP contribution is -2.37. The van der Waals surface area contributed by atoms with Crippen LogP contribution in [0.2, 0.25) is 19.6 Å². The zero-order valence-corrected chi connectivity index (χ0v) is 20.6. The second-order valence-corrected chi connectivity index (χ2v) is 15.5. The van der Waals surface area contributed by atoms with Gasteiger partial charge in [-0.05, 0) is 95.0 Å². The van der Waals surface area contributed by atoms with Gasteiger partial charge in [-0.25, -0.2) is 0 Å². The van der Waals surface area contributed by atoms with Crippen LogP contribution in [-0.2, 0) is 21.2 Å². The molecule has 0 spiro atoms. The number of hydrogen-bond donors (Lipinski definition) is 0. The van der Waals surface area contributed by atoms with Crippen LogP contribution in [0.1, 0.15) is 70.9 Å². The van der Waals surface area contributed by atoms with Gasteiger partial charge in [0, 0.05) is 12.3 Å². The number of allylic oxidation sites excluding steroid dienone is 2. The summed E-state index contributed by atoms with van der Waals surface area (Å²) in [6.07, 6.45) is 8.73. The van der Waals surface area contributed by atoms with E-state index in [1.165, 1.54) is 29.5 Å². The fourth-order valence-electron chi connectivity index (χ4n) is 5.97. The fourth-order valence-corrected chi connectivity index (χ4v) is 7.61. The van der Waals surface area contributed by atoms with Crippen molar-refractivity contribution in [3.05, 3.63) is 47.0 Å². The summed E-state index contributed by atoms with van der Waals surface area (Å²) in [4.78, 5) is 12.4. The zero-order valence-electron chi connectivity index (χ0n) is 19.6. The van der Waals surface area contributed by atoms with Crippen LogP contribution in [0.4, 0.5) is 0 Å². The van der Waals surface area contributed by atoms with E-state index < -0.39 is 8.32 Å². The summed E-state index contributed by atoms with van der Waals surface area (Å²) in [5.41, 5.74) is 4.02. The van der Waals surface area contributed by atoms with Crippen LogP contribution >= 0.6 is 0 Å². The summed E-state index contributed by atoms with van der Waals surface area (Å²) in [7, 11) is -1.59. The van der Waals surface area contributed by atoms with Crippen molar-refractivity contribution >= 4 is 14.1 Å². The van der Waals surface area contributed by atoms with Gasteiger partial charge in [-0.3, -0.25) is 4.79 Å². The Kier molecular flexibility index (Phi) is 6.32. The summed E-state index contributed by atoms with van der Waals surface area (Å²) in [6, 6.07) is 8.95. The molecule has 3 atom stereocenters. The van der Waals surface area contributed by atoms with Crippen molar-refractivity contribution in [3.8, 4) is 0 Å². The largest absolute Gasteiger partial charge is 0.409 e. The van der Waals surface area contributed by atoms with Crippen molar-refractivity contribution in [3.63, 3.8) is 0 Å². The second kappa shape index (κ2) is 8.15. The number of carbonyl (C=O) groups is 1. The van der Waals surface area contributed by atoms with Gasteiger partial charge in [-0.2, -0.15) is 0 Å². The number of fused-ring (bicyclic) bond motifs is 1. The molecular weight excluding hydrogens is 372 g/mol. The smallest absolute Gasteiger partial charge is 0.184 e. The second-order valence-electron chi connectivity index (χ2n) is 11.1. The fraction of sp³-hybridized carbons (Fsp3) is 0.654. The highest BCUT2D eigenvalue weighted by Crippen LogP contribution is 2.56. The van der Waals surface area contributed by atoms with E-state index in [9.17, 15) is 4.79 Å². The van der Waals surface area contributed by atoms with Crippen LogP contribution in [0, 0.1) is 17.3 Å². The van der Waals surface area contributed by atoms with Crippen molar-refractivity contribution < 1.29 is 9.22 Å². The van der Waals surface area contributed by atoms with E-state index in [2.05, 4.69) is 77.7 Å². The van der Waals surface area contributed by atoms with Crippen LogP contribution < -0.4 is 0 Å². The van der Waals surface area contributed by atoms with Crippen molar-refractivity contribution in [1.82, 2.24) is 0 Å². The van der Waals surface area contributed by atoms with Gasteiger partial charge in [0.25, 0.3) is 0 Å². The quantitative estimate of drug-likeness (QED) is 0.370. The monoisotopic (exact) mass is 412 g/mol. The van der Waals surface area contributed by atoms with Gasteiger partial charge in [0.15, 0.2) is 8.32 Å². The molecule has 0 N–H and O–H groups in total. The van der Waals surface area contributed by atoms with Crippen molar-refractivity contribution in [2.45, 2.75) is 91.5 Å². The van der Waals surface area contributed by atoms with Crippen LogP contribution in [0.3, 0.4) is 0 Å². The molecule has 2 aliphatic rings. The highest BCUT2D eigenvalue weighted by Gasteiger charge is 2.51. The van der Waals surface area contributed by atoms with E-state index in [0.717, 1.165) is 25.7 Å². The van der Waals surface area contributed by atoms with E-state index in [4.69, 9.17) is 4.43 Å². The van der Waals surface area contributed by atoms with Crippen LogP contribution in [0.25, 0.3) is 0 Å². The Hall–Kier alpha value is -1.19. The lowest BCUT2D eigenvalue weighted by atomic mass is 9.63. The first-order valence-corrected chi connectivity index (χ1v) is 14.8. The highest BCUT2D eigenvalue weighted by molar-refractivity contribution is 6.69. The zero-order chi connectivity index (χ0) is 21.4. The number of ketones is 1. The lowest BCUT2D eigenvalue weighted by Gasteiger charge is -2.40. The van der Waals surface area contributed by atoms with Crippen LogP contribution in [0.15, 0.2) is 35.9 Å². The minimum absolute atomic E-state index is 0.192. The Morgan fingerprint density at radius 3 is 2.48 bits per heavy atom. The third-order valence-electron chi connectivity index (χ3n) is 7.28. The molecule has 3 rings (SSSR count). The van der Waals surface area contributed by atoms with Crippen molar-refractivity contribution in [2.24, 2.45) is 17.3 Å². The number of rotatable bonds is 6. The molecule has 2 aliphatic carbocycles. The molecule has 0 bridgehead atoms. The SMILES string of the molecule is C/C(=C/Cc1ccc(C(C)(C)O[Si](C)(C)C)cc1)[C@H]1CC[C@H]2C(=O)CCC[C@]12C. The summed E-state index contributed by atoms with van der Waals surface area (Å²) in [5, 5.41) is 0. The molecule has 2 saturated carbocycles. The molecule has 0 radical (unpaired) electrons. The lowest BCUT2D eigenvalue weighted by molar-refractivity contribution is -0.129. The first-order chi connectivity index (χ1) is 13.4. The highest BCUT2D eigenvalue weighted by atomic mass is 28.4. The molecule has 0 saturated heterocycles. The minimum Gasteiger partial charge on any atom is -0.409 e. The molecule has 3 heteroatoms. The van der Waals surface area contributed by atoms with E-state index >= 15 is 0 Å². The standard InChI is InChI=1S/C26H40O2Si/c1-19(22-16-17-23-24(27)9-8-18-26(22,23)4)10-11-20-12-14-21(15-13-20)25(2,3)28-29(5,6)7/h10,12-15,22-23H,8-9,11,16-18H2,1-7H3/b19-10-/t22-,23+,26-/m1/s1. The summed E-state index contributed by atoms with van der Waals surface area (Å²) in [6.45, 7) is 15.7. The molecule has 0 amide bonds. The van der Waals surface area contributed by atoms with E-state index in [0.29, 0.717) is 17.6 Å². The van der Waals surface area contributed by atoms with Gasteiger partial charge in [0.05, 0.1) is 5.60 Å². The Labute approximate surface area is 179 Å². The van der Waals surface area contributed by atoms with Crippen LogP contribution in [-0.4, -0.2) is 14.1 Å². The number of carbonyl (C=O) groups excluding carboxylic acids is 1. The Morgan fingerprint density at radius 1 is 1.21 bits per heavy atom. The maximum atomic E-state index is 12.4. The third-order valence-corrected chi connectivity index (χ3v) is 8.41. The number of hydrogen-bond acceptors (Lipinski definition) is 2. The molecule has 2 fully saturated rings. The molecule has 29 heavy (non-hydrogen) atoms. The molecule has 0 aromatic heterocycles. The Bertz CT molecular complexity index is 769. The molecule has 1 aromatic rings. The topological polar surface area (TPSA) is 26.3 Å². The molecule has 0 heterocycles. The molecule has 0 unspecified atom stereocenters. The first kappa shape index (κ1) is 22.5. The molecule has 1 aromatic carbocycles. The number of benzene rings is 1. The predicted octanol–water partition coefficient (Wildman–Crippen LogP) is 7.05. The predicted molar refractivity (Wildman–Crippen MR) is 125 cm³/mol. The molecule has 0 aliphatic heterocycles. The molecule has 2 nitrogen and oxygen atoms in total. The molecule has 160 valence electrons. The third kappa shape index (κ3) is 4.94. The number of Topliss-reactive ketones (excluding diaryl/α,β-unsaturated/α-hetero) is 1. The van der Waals surface area contributed by atoms with Gasteiger partial charge >= 0.3 is 0 Å². The van der Waals surface area contributed by atoms with Gasteiger partial charge in [0.1, 0.15) is 5.78 Å². The Balaban J connectivity index is 1.68. The minimum atomic E-state index is -1.59. The summed E-state index contributed by atoms with van der Waals surface area (Å²) < 4.78 is 6.39. The average molecular weight is 413 g/mol. The van der Waals surface area contributed by atoms with Gasteiger partial charge in [-0.15, -0.1) is 0 Å². The van der Waals surface area contributed by atoms with Crippen LogP contribution in [0.5, 0.6) is 0 Å². The van der Waals surface area contributed by atoms with E-state index in [-0.39, 0.29) is 11.0 Å². The first-order valence-electron chi connectivity index (χ1n) is 11.4. The van der Waals surface area contributed by atoms with E-state index in [1.807, 2.05) is 0 Å². The molecular formula is C26H40O2Si. The summed E-state index contributed by atoms with van der Waals surface area (Å²) in [5.74, 6) is 1.39. The maximum absolute atomic E-state index is 12.4.